The first kappa shape index (κ1) is 11.4. The standard InChI is InChI=1S/C11H8BrClN2O/c12-10-9(7-16)15(11(13)14-10)6-8-4-2-1-3-5-8/h1-5,7H,6H2. The molecular formula is C11H8BrClN2O. The molecule has 0 N–H and O–H groups in total. The molecule has 5 heteroatoms. The van der Waals surface area contributed by atoms with E-state index in [1.165, 1.54) is 0 Å². The molecule has 0 aliphatic carbocycles. The first-order valence-corrected chi connectivity index (χ1v) is 5.80. The fourth-order valence-corrected chi connectivity index (χ4v) is 2.25. The van der Waals surface area contributed by atoms with E-state index < -0.39 is 0 Å². The van der Waals surface area contributed by atoms with Crippen LogP contribution in [0.4, 0.5) is 0 Å². The van der Waals surface area contributed by atoms with Crippen LogP contribution in [-0.2, 0) is 6.54 Å². The predicted molar refractivity (Wildman–Crippen MR) is 65.9 cm³/mol. The van der Waals surface area contributed by atoms with Gasteiger partial charge in [0.2, 0.25) is 5.28 Å². The van der Waals surface area contributed by atoms with Crippen molar-refractivity contribution in [1.82, 2.24) is 9.55 Å². The van der Waals surface area contributed by atoms with E-state index in [1.54, 1.807) is 4.57 Å². The van der Waals surface area contributed by atoms with Crippen molar-refractivity contribution in [1.29, 1.82) is 0 Å². The Bertz CT molecular complexity index is 510. The molecule has 16 heavy (non-hydrogen) atoms. The lowest BCUT2D eigenvalue weighted by Crippen LogP contribution is -2.04. The minimum absolute atomic E-state index is 0.304. The zero-order valence-corrected chi connectivity index (χ0v) is 10.6. The topological polar surface area (TPSA) is 34.9 Å². The summed E-state index contributed by atoms with van der Waals surface area (Å²) in [6.45, 7) is 0.534. The van der Waals surface area contributed by atoms with Crippen molar-refractivity contribution >= 4 is 33.8 Å². The van der Waals surface area contributed by atoms with E-state index in [-0.39, 0.29) is 0 Å². The molecular weight excluding hydrogens is 291 g/mol. The van der Waals surface area contributed by atoms with E-state index in [9.17, 15) is 4.79 Å². The van der Waals surface area contributed by atoms with Crippen molar-refractivity contribution in [2.45, 2.75) is 6.54 Å². The number of nitrogens with zero attached hydrogens (tertiary/aromatic N) is 2. The molecule has 0 saturated heterocycles. The Kier molecular flexibility index (Phi) is 3.41. The molecule has 0 bridgehead atoms. The van der Waals surface area contributed by atoms with Crippen LogP contribution in [0.1, 0.15) is 16.1 Å². The molecule has 0 aliphatic heterocycles. The number of halogens is 2. The molecule has 0 radical (unpaired) electrons. The molecule has 2 rings (SSSR count). The first-order chi connectivity index (χ1) is 7.72. The third-order valence-electron chi connectivity index (χ3n) is 2.21. The number of aldehydes is 1. The zero-order chi connectivity index (χ0) is 11.5. The number of carbonyl (C=O) groups excluding carboxylic acids is 1. The summed E-state index contributed by atoms with van der Waals surface area (Å²) < 4.78 is 2.14. The Morgan fingerprint density at radius 2 is 2.06 bits per heavy atom. The Labute approximate surface area is 106 Å². The van der Waals surface area contributed by atoms with Crippen LogP contribution in [-0.4, -0.2) is 15.8 Å². The molecule has 1 aromatic heterocycles. The second-order valence-corrected chi connectivity index (χ2v) is 4.34. The zero-order valence-electron chi connectivity index (χ0n) is 8.23. The Balaban J connectivity index is 2.38. The predicted octanol–water partition coefficient (Wildman–Crippen LogP) is 3.16. The van der Waals surface area contributed by atoms with Crippen molar-refractivity contribution in [2.24, 2.45) is 0 Å². The minimum atomic E-state index is 0.304. The summed E-state index contributed by atoms with van der Waals surface area (Å²) >= 11 is 9.14. The highest BCUT2D eigenvalue weighted by molar-refractivity contribution is 9.10. The quantitative estimate of drug-likeness (QED) is 0.816. The molecule has 2 aromatic rings. The van der Waals surface area contributed by atoms with Crippen molar-refractivity contribution < 1.29 is 4.79 Å². The van der Waals surface area contributed by atoms with Gasteiger partial charge in [0, 0.05) is 0 Å². The number of hydrogen-bond donors (Lipinski definition) is 0. The lowest BCUT2D eigenvalue weighted by molar-refractivity contribution is 0.111. The maximum atomic E-state index is 10.9. The van der Waals surface area contributed by atoms with Crippen molar-refractivity contribution in [2.75, 3.05) is 0 Å². The van der Waals surface area contributed by atoms with Crippen molar-refractivity contribution in [3.05, 3.63) is 51.5 Å². The van der Waals surface area contributed by atoms with E-state index in [4.69, 9.17) is 11.6 Å². The summed E-state index contributed by atoms with van der Waals surface area (Å²) in [6, 6.07) is 9.76. The average Bonchev–Trinajstić information content (AvgIpc) is 2.55. The average molecular weight is 300 g/mol. The summed E-state index contributed by atoms with van der Waals surface area (Å²) in [5.74, 6) is 0. The van der Waals surface area contributed by atoms with Crippen LogP contribution >= 0.6 is 27.5 Å². The minimum Gasteiger partial charge on any atom is -0.307 e. The number of hydrogen-bond acceptors (Lipinski definition) is 2. The van der Waals surface area contributed by atoms with Gasteiger partial charge in [0.05, 0.1) is 6.54 Å². The molecule has 1 heterocycles. The van der Waals surface area contributed by atoms with Crippen LogP contribution in [0.15, 0.2) is 34.9 Å². The number of rotatable bonds is 3. The van der Waals surface area contributed by atoms with Gasteiger partial charge < -0.3 is 4.57 Å². The maximum Gasteiger partial charge on any atom is 0.204 e. The van der Waals surface area contributed by atoms with Crippen LogP contribution in [0, 0.1) is 0 Å². The maximum absolute atomic E-state index is 10.9. The summed E-state index contributed by atoms with van der Waals surface area (Å²) in [5, 5.41) is 0.304. The summed E-state index contributed by atoms with van der Waals surface area (Å²) in [6.07, 6.45) is 0.742. The van der Waals surface area contributed by atoms with Crippen LogP contribution in [0.25, 0.3) is 0 Å². The van der Waals surface area contributed by atoms with Crippen LogP contribution in [0.2, 0.25) is 5.28 Å². The van der Waals surface area contributed by atoms with E-state index >= 15 is 0 Å². The van der Waals surface area contributed by atoms with Gasteiger partial charge in [0.25, 0.3) is 0 Å². The van der Waals surface area contributed by atoms with Gasteiger partial charge in [-0.15, -0.1) is 0 Å². The highest BCUT2D eigenvalue weighted by Gasteiger charge is 2.13. The molecule has 0 unspecified atom stereocenters. The second kappa shape index (κ2) is 4.80. The smallest absolute Gasteiger partial charge is 0.204 e. The van der Waals surface area contributed by atoms with Crippen LogP contribution < -0.4 is 0 Å². The molecule has 0 atom stereocenters. The summed E-state index contributed by atoms with van der Waals surface area (Å²) in [5.41, 5.74) is 1.52. The molecule has 82 valence electrons. The number of imidazole rings is 1. The molecule has 0 fully saturated rings. The molecule has 0 spiro atoms. The highest BCUT2D eigenvalue weighted by atomic mass is 79.9. The second-order valence-electron chi connectivity index (χ2n) is 3.25. The van der Waals surface area contributed by atoms with Gasteiger partial charge in [-0.1, -0.05) is 30.3 Å². The molecule has 0 amide bonds. The number of benzene rings is 1. The van der Waals surface area contributed by atoms with Gasteiger partial charge in [-0.05, 0) is 33.1 Å². The van der Waals surface area contributed by atoms with Gasteiger partial charge in [-0.3, -0.25) is 4.79 Å². The molecule has 3 nitrogen and oxygen atoms in total. The molecule has 0 saturated carbocycles. The van der Waals surface area contributed by atoms with Gasteiger partial charge in [-0.2, -0.15) is 0 Å². The Morgan fingerprint density at radius 1 is 1.38 bits per heavy atom. The van der Waals surface area contributed by atoms with E-state index in [0.29, 0.717) is 22.1 Å². The Morgan fingerprint density at radius 3 is 2.69 bits per heavy atom. The largest absolute Gasteiger partial charge is 0.307 e. The summed E-state index contributed by atoms with van der Waals surface area (Å²) in [7, 11) is 0. The van der Waals surface area contributed by atoms with Crippen LogP contribution in [0.5, 0.6) is 0 Å². The third kappa shape index (κ3) is 2.18. The third-order valence-corrected chi connectivity index (χ3v) is 3.08. The highest BCUT2D eigenvalue weighted by Crippen LogP contribution is 2.21. The summed E-state index contributed by atoms with van der Waals surface area (Å²) in [4.78, 5) is 14.9. The molecule has 0 aliphatic rings. The Hall–Kier alpha value is -1.13. The lowest BCUT2D eigenvalue weighted by atomic mass is 10.2. The van der Waals surface area contributed by atoms with Crippen molar-refractivity contribution in [3.63, 3.8) is 0 Å². The van der Waals surface area contributed by atoms with Crippen LogP contribution in [0.3, 0.4) is 0 Å². The molecule has 1 aromatic carbocycles. The van der Waals surface area contributed by atoms with Gasteiger partial charge in [-0.25, -0.2) is 4.98 Å². The van der Waals surface area contributed by atoms with E-state index in [1.807, 2.05) is 30.3 Å². The van der Waals surface area contributed by atoms with Gasteiger partial charge >= 0.3 is 0 Å². The number of aromatic nitrogens is 2. The van der Waals surface area contributed by atoms with Gasteiger partial charge in [0.15, 0.2) is 6.29 Å². The number of carbonyl (C=O) groups is 1. The lowest BCUT2D eigenvalue weighted by Gasteiger charge is -2.05. The van der Waals surface area contributed by atoms with Crippen molar-refractivity contribution in [3.8, 4) is 0 Å². The first-order valence-electron chi connectivity index (χ1n) is 4.63. The van der Waals surface area contributed by atoms with E-state index in [0.717, 1.165) is 11.8 Å². The normalized spacial score (nSPS) is 10.4. The van der Waals surface area contributed by atoms with E-state index in [2.05, 4.69) is 20.9 Å². The monoisotopic (exact) mass is 298 g/mol. The fourth-order valence-electron chi connectivity index (χ4n) is 1.44. The van der Waals surface area contributed by atoms with Gasteiger partial charge in [0.1, 0.15) is 10.3 Å². The fraction of sp³-hybridized carbons (Fsp3) is 0.0909. The SMILES string of the molecule is O=Cc1c(Br)nc(Cl)n1Cc1ccccc1.